The van der Waals surface area contributed by atoms with Crippen molar-refractivity contribution in [2.45, 2.75) is 49.9 Å². The first-order valence-electron chi connectivity index (χ1n) is 7.19. The summed E-state index contributed by atoms with van der Waals surface area (Å²) >= 11 is 2.19. The molecule has 0 aliphatic heterocycles. The van der Waals surface area contributed by atoms with Crippen LogP contribution in [0.3, 0.4) is 0 Å². The van der Waals surface area contributed by atoms with Crippen molar-refractivity contribution in [3.05, 3.63) is 33.4 Å². The summed E-state index contributed by atoms with van der Waals surface area (Å²) in [6.07, 6.45) is 1.70. The van der Waals surface area contributed by atoms with E-state index in [-0.39, 0.29) is 5.92 Å². The van der Waals surface area contributed by atoms with Crippen molar-refractivity contribution in [1.29, 1.82) is 0 Å². The zero-order chi connectivity index (χ0) is 16.5. The molecule has 0 heterocycles. The number of carbonyl (C=O) groups is 1. The molecular weight excluding hydrogens is 417 g/mol. The molecule has 0 saturated heterocycles. The van der Waals surface area contributed by atoms with Crippen LogP contribution in [0.15, 0.2) is 24.3 Å². The first kappa shape index (κ1) is 17.7. The number of halogens is 1. The topological polar surface area (TPSA) is 86.5 Å². The van der Waals surface area contributed by atoms with Crippen LogP contribution in [0.5, 0.6) is 0 Å². The van der Waals surface area contributed by atoms with Crippen LogP contribution in [0.25, 0.3) is 0 Å². The molecule has 0 spiro atoms. The number of benzene rings is 1. The minimum absolute atomic E-state index is 0.324. The van der Waals surface area contributed by atoms with Crippen molar-refractivity contribution in [3.63, 3.8) is 0 Å². The Morgan fingerprint density at radius 2 is 1.95 bits per heavy atom. The summed E-state index contributed by atoms with van der Waals surface area (Å²) in [5, 5.41) is -0.721. The van der Waals surface area contributed by atoms with Crippen molar-refractivity contribution < 1.29 is 17.4 Å². The molecule has 0 radical (unpaired) electrons. The fourth-order valence-electron chi connectivity index (χ4n) is 2.85. The van der Waals surface area contributed by atoms with Crippen LogP contribution in [0.2, 0.25) is 0 Å². The van der Waals surface area contributed by atoms with Gasteiger partial charge in [0.25, 0.3) is 16.0 Å². The molecule has 1 aliphatic carbocycles. The summed E-state index contributed by atoms with van der Waals surface area (Å²) in [5.74, 6) is -1.05. The number of hydrogen-bond acceptors (Lipinski definition) is 4. The Hall–Kier alpha value is -0.670. The van der Waals surface area contributed by atoms with Crippen molar-refractivity contribution >= 4 is 38.6 Å². The van der Waals surface area contributed by atoms with E-state index >= 15 is 0 Å². The van der Waals surface area contributed by atoms with Gasteiger partial charge in [-0.05, 0) is 73.4 Å². The normalized spacial score (nSPS) is 25.5. The van der Waals surface area contributed by atoms with E-state index in [4.69, 9.17) is 9.92 Å². The van der Waals surface area contributed by atoms with Gasteiger partial charge in [-0.3, -0.25) is 8.98 Å². The molecule has 1 amide bonds. The second-order valence-corrected chi connectivity index (χ2v) is 9.22. The lowest BCUT2D eigenvalue weighted by atomic mass is 9.84. The van der Waals surface area contributed by atoms with Crippen LogP contribution in [0, 0.1) is 3.57 Å². The maximum Gasteiger partial charge on any atom is 0.270 e. The molecule has 122 valence electrons. The Morgan fingerprint density at radius 1 is 1.36 bits per heavy atom. The molecule has 5 nitrogen and oxygen atoms in total. The smallest absolute Gasteiger partial charge is 0.270 e. The summed E-state index contributed by atoms with van der Waals surface area (Å²) in [5.41, 5.74) is 4.98. The molecule has 0 bridgehead atoms. The van der Waals surface area contributed by atoms with E-state index in [1.165, 1.54) is 13.8 Å². The highest BCUT2D eigenvalue weighted by atomic mass is 127. The Labute approximate surface area is 144 Å². The van der Waals surface area contributed by atoms with Crippen molar-refractivity contribution in [2.75, 3.05) is 0 Å². The molecule has 1 fully saturated rings. The van der Waals surface area contributed by atoms with E-state index in [9.17, 15) is 13.2 Å². The Kier molecular flexibility index (Phi) is 5.18. The summed E-state index contributed by atoms with van der Waals surface area (Å²) in [4.78, 5) is 12.1. The first-order valence-corrected chi connectivity index (χ1v) is 9.74. The second-order valence-electron chi connectivity index (χ2n) is 5.87. The van der Waals surface area contributed by atoms with Gasteiger partial charge in [-0.2, -0.15) is 8.42 Å². The molecule has 2 atom stereocenters. The molecule has 1 aromatic carbocycles. The van der Waals surface area contributed by atoms with E-state index in [1.54, 1.807) is 0 Å². The quantitative estimate of drug-likeness (QED) is 0.567. The van der Waals surface area contributed by atoms with Gasteiger partial charge in [-0.1, -0.05) is 12.1 Å². The fraction of sp³-hybridized carbons (Fsp3) is 0.533. The number of nitrogens with two attached hydrogens (primary N) is 1. The number of amides is 1. The van der Waals surface area contributed by atoms with Crippen molar-refractivity contribution in [2.24, 2.45) is 5.73 Å². The van der Waals surface area contributed by atoms with Crippen LogP contribution in [0.4, 0.5) is 0 Å². The molecule has 1 saturated carbocycles. The zero-order valence-electron chi connectivity index (χ0n) is 12.6. The van der Waals surface area contributed by atoms with Gasteiger partial charge in [0.1, 0.15) is 0 Å². The lowest BCUT2D eigenvalue weighted by Crippen LogP contribution is -2.50. The molecule has 1 aromatic rings. The van der Waals surface area contributed by atoms with Crippen LogP contribution < -0.4 is 5.73 Å². The van der Waals surface area contributed by atoms with Crippen molar-refractivity contribution in [1.82, 2.24) is 0 Å². The Balaban J connectivity index is 2.45. The third-order valence-electron chi connectivity index (χ3n) is 4.14. The lowest BCUT2D eigenvalue weighted by Gasteiger charge is -2.32. The summed E-state index contributed by atoms with van der Waals surface area (Å²) in [6.45, 7) is 3.05. The molecule has 2 rings (SSSR count). The first-order chi connectivity index (χ1) is 10.2. The average Bonchev–Trinajstić information content (AvgIpc) is 2.84. The SMILES string of the molecule is CC(C)S(=O)(=O)OC1(C(N)=O)CCCC1c1ccc(I)cc1. The number of hydrogen-bond donors (Lipinski definition) is 1. The summed E-state index contributed by atoms with van der Waals surface area (Å²) in [6, 6.07) is 7.66. The van der Waals surface area contributed by atoms with E-state index in [0.717, 1.165) is 9.13 Å². The Morgan fingerprint density at radius 3 is 2.45 bits per heavy atom. The second kappa shape index (κ2) is 6.45. The molecule has 2 unspecified atom stereocenters. The van der Waals surface area contributed by atoms with E-state index in [0.29, 0.717) is 19.3 Å². The monoisotopic (exact) mass is 437 g/mol. The number of rotatable bonds is 5. The third kappa shape index (κ3) is 3.30. The molecule has 7 heteroatoms. The lowest BCUT2D eigenvalue weighted by molar-refractivity contribution is -0.134. The maximum absolute atomic E-state index is 12.2. The van der Waals surface area contributed by atoms with Crippen LogP contribution in [0.1, 0.15) is 44.6 Å². The van der Waals surface area contributed by atoms with Gasteiger partial charge < -0.3 is 5.73 Å². The van der Waals surface area contributed by atoms with Gasteiger partial charge in [0.05, 0.1) is 5.25 Å². The molecule has 1 aliphatic rings. The van der Waals surface area contributed by atoms with Crippen LogP contribution in [-0.2, 0) is 19.1 Å². The van der Waals surface area contributed by atoms with Gasteiger partial charge in [-0.25, -0.2) is 0 Å². The third-order valence-corrected chi connectivity index (χ3v) is 6.54. The van der Waals surface area contributed by atoms with E-state index in [1.807, 2.05) is 24.3 Å². The highest BCUT2D eigenvalue weighted by molar-refractivity contribution is 14.1. The fourth-order valence-corrected chi connectivity index (χ4v) is 4.09. The molecule has 0 aromatic heterocycles. The van der Waals surface area contributed by atoms with Crippen LogP contribution >= 0.6 is 22.6 Å². The predicted molar refractivity (Wildman–Crippen MR) is 92.8 cm³/mol. The predicted octanol–water partition coefficient (Wildman–Crippen LogP) is 2.54. The van der Waals surface area contributed by atoms with E-state index in [2.05, 4.69) is 22.6 Å². The minimum Gasteiger partial charge on any atom is -0.367 e. The van der Waals surface area contributed by atoms with E-state index < -0.39 is 26.9 Å². The summed E-state index contributed by atoms with van der Waals surface area (Å²) in [7, 11) is -3.84. The highest BCUT2D eigenvalue weighted by Crippen LogP contribution is 2.46. The summed E-state index contributed by atoms with van der Waals surface area (Å²) < 4.78 is 30.9. The van der Waals surface area contributed by atoms with Gasteiger partial charge in [0, 0.05) is 9.49 Å². The largest absolute Gasteiger partial charge is 0.367 e. The molecule has 2 N–H and O–H groups in total. The maximum atomic E-state index is 12.2. The number of carbonyl (C=O) groups excluding carboxylic acids is 1. The highest BCUT2D eigenvalue weighted by Gasteiger charge is 2.53. The zero-order valence-corrected chi connectivity index (χ0v) is 15.6. The Bertz CT molecular complexity index is 657. The molecular formula is C15H20INO4S. The standard InChI is InChI=1S/C15H20INO4S/c1-10(2)22(19,20)21-15(14(17)18)9-3-4-13(15)11-5-7-12(16)8-6-11/h5-8,10,13H,3-4,9H2,1-2H3,(H2,17,18). The minimum atomic E-state index is -3.84. The average molecular weight is 437 g/mol. The van der Waals surface area contributed by atoms with Gasteiger partial charge in [0.15, 0.2) is 5.60 Å². The van der Waals surface area contributed by atoms with Gasteiger partial charge in [0.2, 0.25) is 0 Å². The van der Waals surface area contributed by atoms with Gasteiger partial charge in [-0.15, -0.1) is 0 Å². The molecule has 22 heavy (non-hydrogen) atoms. The van der Waals surface area contributed by atoms with Gasteiger partial charge >= 0.3 is 0 Å². The van der Waals surface area contributed by atoms with Crippen LogP contribution in [-0.4, -0.2) is 25.2 Å². The number of primary amides is 1. The van der Waals surface area contributed by atoms with Crippen molar-refractivity contribution in [3.8, 4) is 0 Å².